The number of carbonyl (C=O) groups excluding carboxylic acids is 1. The molecule has 0 saturated carbocycles. The second kappa shape index (κ2) is 9.14. The van der Waals surface area contributed by atoms with Crippen molar-refractivity contribution in [2.45, 2.75) is 32.7 Å². The van der Waals surface area contributed by atoms with Crippen molar-refractivity contribution in [1.29, 1.82) is 0 Å². The van der Waals surface area contributed by atoms with Gasteiger partial charge in [-0.3, -0.25) is 4.79 Å². The first-order valence-electron chi connectivity index (χ1n) is 5.86. The number of carbonyl (C=O) groups is 1. The van der Waals surface area contributed by atoms with Crippen LogP contribution in [-0.2, 0) is 4.79 Å². The number of rotatable bonds is 5. The van der Waals surface area contributed by atoms with Crippen LogP contribution in [-0.4, -0.2) is 48.0 Å². The van der Waals surface area contributed by atoms with E-state index in [1.807, 2.05) is 16.7 Å². The van der Waals surface area contributed by atoms with Crippen molar-refractivity contribution in [3.63, 3.8) is 0 Å². The summed E-state index contributed by atoms with van der Waals surface area (Å²) >= 11 is 1.94. The summed E-state index contributed by atoms with van der Waals surface area (Å²) in [5, 5.41) is 3.40. The molecule has 1 saturated heterocycles. The van der Waals surface area contributed by atoms with Gasteiger partial charge in [-0.1, -0.05) is 6.92 Å². The molecule has 0 aliphatic carbocycles. The lowest BCUT2D eigenvalue weighted by molar-refractivity contribution is -0.131. The fourth-order valence-electron chi connectivity index (χ4n) is 1.82. The summed E-state index contributed by atoms with van der Waals surface area (Å²) in [6.45, 7) is 6.95. The van der Waals surface area contributed by atoms with Crippen molar-refractivity contribution < 1.29 is 4.79 Å². The second-order valence-electron chi connectivity index (χ2n) is 3.90. The van der Waals surface area contributed by atoms with Crippen LogP contribution in [0.2, 0.25) is 0 Å². The van der Waals surface area contributed by atoms with Crippen LogP contribution in [0.3, 0.4) is 0 Å². The minimum atomic E-state index is 0. The molecular weight excluding hydrogens is 244 g/mol. The van der Waals surface area contributed by atoms with Gasteiger partial charge in [0.2, 0.25) is 5.91 Å². The molecule has 5 heteroatoms. The number of halogens is 1. The van der Waals surface area contributed by atoms with E-state index in [0.717, 1.165) is 31.8 Å². The summed E-state index contributed by atoms with van der Waals surface area (Å²) in [6, 6.07) is 0.391. The van der Waals surface area contributed by atoms with Crippen LogP contribution in [0.15, 0.2) is 0 Å². The van der Waals surface area contributed by atoms with Gasteiger partial charge in [-0.2, -0.15) is 11.8 Å². The van der Waals surface area contributed by atoms with E-state index >= 15 is 0 Å². The van der Waals surface area contributed by atoms with E-state index in [-0.39, 0.29) is 12.4 Å². The topological polar surface area (TPSA) is 32.3 Å². The molecule has 0 aromatic carbocycles. The molecule has 1 fully saturated rings. The van der Waals surface area contributed by atoms with Crippen LogP contribution < -0.4 is 5.32 Å². The third-order valence-electron chi connectivity index (χ3n) is 2.65. The predicted octanol–water partition coefficient (Wildman–Crippen LogP) is 1.76. The first-order chi connectivity index (χ1) is 7.27. The molecule has 3 nitrogen and oxygen atoms in total. The lowest BCUT2D eigenvalue weighted by Gasteiger charge is -2.26. The SMILES string of the molecule is CCCN(CC)C(=O)CC1CSCCN1.Cl. The van der Waals surface area contributed by atoms with Gasteiger partial charge < -0.3 is 10.2 Å². The molecule has 96 valence electrons. The highest BCUT2D eigenvalue weighted by atomic mass is 35.5. The van der Waals surface area contributed by atoms with Gasteiger partial charge in [-0.15, -0.1) is 12.4 Å². The molecule has 0 radical (unpaired) electrons. The van der Waals surface area contributed by atoms with Gasteiger partial charge in [-0.05, 0) is 13.3 Å². The molecule has 0 aromatic heterocycles. The Bertz CT molecular complexity index is 198. The Balaban J connectivity index is 0.00000225. The van der Waals surface area contributed by atoms with Crippen LogP contribution in [0.5, 0.6) is 0 Å². The van der Waals surface area contributed by atoms with Crippen LogP contribution in [0.25, 0.3) is 0 Å². The van der Waals surface area contributed by atoms with Gasteiger partial charge in [0.05, 0.1) is 0 Å². The molecule has 0 spiro atoms. The maximum absolute atomic E-state index is 11.9. The first kappa shape index (κ1) is 16.1. The van der Waals surface area contributed by atoms with Crippen LogP contribution in [0, 0.1) is 0 Å². The number of amides is 1. The smallest absolute Gasteiger partial charge is 0.224 e. The second-order valence-corrected chi connectivity index (χ2v) is 5.05. The number of hydrogen-bond acceptors (Lipinski definition) is 3. The molecule has 1 aliphatic rings. The molecule has 1 N–H and O–H groups in total. The standard InChI is InChI=1S/C11H22N2OS.ClH/c1-3-6-13(4-2)11(14)8-10-9-15-7-5-12-10;/h10,12H,3-9H2,1-2H3;1H. The normalized spacial score (nSPS) is 20.0. The molecule has 1 atom stereocenters. The van der Waals surface area contributed by atoms with Gasteiger partial charge in [-0.25, -0.2) is 0 Å². The van der Waals surface area contributed by atoms with E-state index in [9.17, 15) is 4.79 Å². The fraction of sp³-hybridized carbons (Fsp3) is 0.909. The quantitative estimate of drug-likeness (QED) is 0.823. The molecule has 1 aliphatic heterocycles. The van der Waals surface area contributed by atoms with Gasteiger partial charge in [0.15, 0.2) is 0 Å². The van der Waals surface area contributed by atoms with Gasteiger partial charge in [0.1, 0.15) is 0 Å². The van der Waals surface area contributed by atoms with Crippen LogP contribution in [0.1, 0.15) is 26.7 Å². The molecule has 1 heterocycles. The molecule has 16 heavy (non-hydrogen) atoms. The van der Waals surface area contributed by atoms with E-state index in [1.165, 1.54) is 5.75 Å². The average molecular weight is 267 g/mol. The highest BCUT2D eigenvalue weighted by Crippen LogP contribution is 2.11. The number of nitrogens with one attached hydrogen (secondary N) is 1. The Labute approximate surface area is 109 Å². The third kappa shape index (κ3) is 5.41. The van der Waals surface area contributed by atoms with Crippen LogP contribution >= 0.6 is 24.2 Å². The van der Waals surface area contributed by atoms with Gasteiger partial charge >= 0.3 is 0 Å². The van der Waals surface area contributed by atoms with Crippen molar-refractivity contribution in [2.75, 3.05) is 31.1 Å². The number of hydrogen-bond donors (Lipinski definition) is 1. The maximum atomic E-state index is 11.9. The predicted molar refractivity (Wildman–Crippen MR) is 73.5 cm³/mol. The summed E-state index contributed by atoms with van der Waals surface area (Å²) in [7, 11) is 0. The zero-order valence-corrected chi connectivity index (χ0v) is 11.8. The zero-order valence-electron chi connectivity index (χ0n) is 10.2. The molecule has 0 bridgehead atoms. The van der Waals surface area contributed by atoms with Crippen molar-refractivity contribution >= 4 is 30.1 Å². The number of thioether (sulfide) groups is 1. The Kier molecular flexibility index (Phi) is 9.18. The van der Waals surface area contributed by atoms with Crippen molar-refractivity contribution in [1.82, 2.24) is 10.2 Å². The Morgan fingerprint density at radius 1 is 1.50 bits per heavy atom. The van der Waals surface area contributed by atoms with E-state index in [1.54, 1.807) is 0 Å². The fourth-order valence-corrected chi connectivity index (χ4v) is 2.77. The largest absolute Gasteiger partial charge is 0.343 e. The zero-order chi connectivity index (χ0) is 11.1. The molecule has 1 amide bonds. The monoisotopic (exact) mass is 266 g/mol. The van der Waals surface area contributed by atoms with E-state index in [2.05, 4.69) is 19.2 Å². The average Bonchev–Trinajstić information content (AvgIpc) is 2.27. The molecule has 1 rings (SSSR count). The van der Waals surface area contributed by atoms with Crippen molar-refractivity contribution in [2.24, 2.45) is 0 Å². The Hall–Kier alpha value is 0.0700. The van der Waals surface area contributed by atoms with Gasteiger partial charge in [0, 0.05) is 43.6 Å². The lowest BCUT2D eigenvalue weighted by atomic mass is 10.2. The summed E-state index contributed by atoms with van der Waals surface area (Å²) in [5.41, 5.74) is 0. The molecule has 0 aromatic rings. The third-order valence-corrected chi connectivity index (χ3v) is 3.78. The number of nitrogens with zero attached hydrogens (tertiary/aromatic N) is 1. The summed E-state index contributed by atoms with van der Waals surface area (Å²) in [5.74, 6) is 2.56. The van der Waals surface area contributed by atoms with Gasteiger partial charge in [0.25, 0.3) is 0 Å². The summed E-state index contributed by atoms with van der Waals surface area (Å²) < 4.78 is 0. The minimum Gasteiger partial charge on any atom is -0.343 e. The van der Waals surface area contributed by atoms with E-state index in [0.29, 0.717) is 18.4 Å². The Morgan fingerprint density at radius 3 is 2.75 bits per heavy atom. The van der Waals surface area contributed by atoms with E-state index in [4.69, 9.17) is 0 Å². The van der Waals surface area contributed by atoms with Crippen molar-refractivity contribution in [3.05, 3.63) is 0 Å². The van der Waals surface area contributed by atoms with Crippen LogP contribution in [0.4, 0.5) is 0 Å². The summed E-state index contributed by atoms with van der Waals surface area (Å²) in [4.78, 5) is 13.9. The maximum Gasteiger partial charge on any atom is 0.224 e. The Morgan fingerprint density at radius 2 is 2.25 bits per heavy atom. The minimum absolute atomic E-state index is 0. The molecular formula is C11H23ClN2OS. The van der Waals surface area contributed by atoms with Crippen molar-refractivity contribution in [3.8, 4) is 0 Å². The summed E-state index contributed by atoms with van der Waals surface area (Å²) in [6.07, 6.45) is 1.72. The van der Waals surface area contributed by atoms with E-state index < -0.39 is 0 Å². The highest BCUT2D eigenvalue weighted by molar-refractivity contribution is 7.99. The molecule has 1 unspecified atom stereocenters. The first-order valence-corrected chi connectivity index (χ1v) is 7.02. The highest BCUT2D eigenvalue weighted by Gasteiger charge is 2.19. The lowest BCUT2D eigenvalue weighted by Crippen LogP contribution is -2.42.